The van der Waals surface area contributed by atoms with Gasteiger partial charge in [-0.3, -0.25) is 9.48 Å². The lowest BCUT2D eigenvalue weighted by Crippen LogP contribution is -2.44. The summed E-state index contributed by atoms with van der Waals surface area (Å²) in [5, 5.41) is 16.5. The molecule has 1 aromatic heterocycles. The third kappa shape index (κ3) is 4.89. The molecule has 1 heterocycles. The van der Waals surface area contributed by atoms with Crippen molar-refractivity contribution in [3.8, 4) is 11.3 Å². The number of hydrogen-bond donors (Lipinski definition) is 2. The molecule has 0 aliphatic heterocycles. The SMILES string of the molecule is COC(=O)[C@@H](CO)NC(=O)c1cn(Cc2ccccc2)nc1-c1ccc(C)cc1. The van der Waals surface area contributed by atoms with Crippen LogP contribution >= 0.6 is 0 Å². The Bertz CT molecular complexity index is 981. The van der Waals surface area contributed by atoms with Crippen molar-refractivity contribution in [1.82, 2.24) is 15.1 Å². The van der Waals surface area contributed by atoms with E-state index < -0.39 is 24.5 Å². The van der Waals surface area contributed by atoms with Crippen LogP contribution in [0.25, 0.3) is 11.3 Å². The number of aromatic nitrogens is 2. The zero-order valence-corrected chi connectivity index (χ0v) is 16.3. The molecule has 3 rings (SSSR count). The number of carbonyl (C=O) groups is 2. The van der Waals surface area contributed by atoms with Crippen LogP contribution in [-0.2, 0) is 16.1 Å². The van der Waals surface area contributed by atoms with E-state index in [0.717, 1.165) is 16.7 Å². The second-order valence-electron chi connectivity index (χ2n) is 6.67. The van der Waals surface area contributed by atoms with Crippen LogP contribution in [0, 0.1) is 6.92 Å². The number of nitrogens with one attached hydrogen (secondary N) is 1. The number of nitrogens with zero attached hydrogens (tertiary/aromatic N) is 2. The average Bonchev–Trinajstić information content (AvgIpc) is 3.16. The Labute approximate surface area is 168 Å². The topological polar surface area (TPSA) is 93.5 Å². The van der Waals surface area contributed by atoms with Crippen molar-refractivity contribution in [2.24, 2.45) is 0 Å². The highest BCUT2D eigenvalue weighted by Gasteiger charge is 2.25. The molecular weight excluding hydrogens is 370 g/mol. The molecule has 1 atom stereocenters. The van der Waals surface area contributed by atoms with Gasteiger partial charge in [0.1, 0.15) is 5.69 Å². The number of ether oxygens (including phenoxy) is 1. The average molecular weight is 393 g/mol. The van der Waals surface area contributed by atoms with Crippen molar-refractivity contribution in [2.45, 2.75) is 19.5 Å². The number of amides is 1. The van der Waals surface area contributed by atoms with E-state index in [1.165, 1.54) is 7.11 Å². The zero-order chi connectivity index (χ0) is 20.8. The summed E-state index contributed by atoms with van der Waals surface area (Å²) >= 11 is 0. The van der Waals surface area contributed by atoms with Gasteiger partial charge in [-0.1, -0.05) is 60.2 Å². The summed E-state index contributed by atoms with van der Waals surface area (Å²) in [5.74, 6) is -1.22. The fraction of sp³-hybridized carbons (Fsp3) is 0.227. The van der Waals surface area contributed by atoms with Crippen LogP contribution in [0.4, 0.5) is 0 Å². The van der Waals surface area contributed by atoms with E-state index in [9.17, 15) is 14.7 Å². The maximum absolute atomic E-state index is 12.9. The van der Waals surface area contributed by atoms with Crippen LogP contribution in [-0.4, -0.2) is 46.5 Å². The third-order valence-corrected chi connectivity index (χ3v) is 4.49. The normalized spacial score (nSPS) is 11.7. The molecule has 0 aliphatic carbocycles. The molecule has 0 spiro atoms. The second-order valence-corrected chi connectivity index (χ2v) is 6.67. The highest BCUT2D eigenvalue weighted by Crippen LogP contribution is 2.23. The summed E-state index contributed by atoms with van der Waals surface area (Å²) in [5.41, 5.74) is 3.73. The van der Waals surface area contributed by atoms with Crippen molar-refractivity contribution in [1.29, 1.82) is 0 Å². The minimum Gasteiger partial charge on any atom is -0.467 e. The molecule has 0 radical (unpaired) electrons. The number of aryl methyl sites for hydroxylation is 1. The van der Waals surface area contributed by atoms with Crippen LogP contribution in [0.1, 0.15) is 21.5 Å². The van der Waals surface area contributed by atoms with E-state index in [1.54, 1.807) is 10.9 Å². The number of rotatable bonds is 7. The summed E-state index contributed by atoms with van der Waals surface area (Å²) in [7, 11) is 1.20. The summed E-state index contributed by atoms with van der Waals surface area (Å²) in [6.07, 6.45) is 1.64. The molecule has 0 aliphatic rings. The fourth-order valence-corrected chi connectivity index (χ4v) is 2.92. The lowest BCUT2D eigenvalue weighted by atomic mass is 10.1. The van der Waals surface area contributed by atoms with E-state index in [2.05, 4.69) is 15.2 Å². The largest absolute Gasteiger partial charge is 0.467 e. The smallest absolute Gasteiger partial charge is 0.330 e. The van der Waals surface area contributed by atoms with Crippen molar-refractivity contribution in [3.05, 3.63) is 77.5 Å². The third-order valence-electron chi connectivity index (χ3n) is 4.49. The molecule has 3 aromatic rings. The minimum atomic E-state index is -1.14. The molecule has 7 nitrogen and oxygen atoms in total. The maximum atomic E-state index is 12.9. The van der Waals surface area contributed by atoms with Crippen LogP contribution in [0.3, 0.4) is 0 Å². The lowest BCUT2D eigenvalue weighted by molar-refractivity contribution is -0.143. The first-order chi connectivity index (χ1) is 14.0. The van der Waals surface area contributed by atoms with Crippen molar-refractivity contribution in [3.63, 3.8) is 0 Å². The van der Waals surface area contributed by atoms with Crippen molar-refractivity contribution < 1.29 is 19.4 Å². The number of benzene rings is 2. The number of aliphatic hydroxyl groups excluding tert-OH is 1. The molecule has 0 unspecified atom stereocenters. The molecule has 2 aromatic carbocycles. The summed E-state index contributed by atoms with van der Waals surface area (Å²) < 4.78 is 6.30. The first-order valence-electron chi connectivity index (χ1n) is 9.19. The number of esters is 1. The monoisotopic (exact) mass is 393 g/mol. The molecule has 7 heteroatoms. The van der Waals surface area contributed by atoms with Gasteiger partial charge in [-0.05, 0) is 12.5 Å². The minimum absolute atomic E-state index is 0.312. The Morgan fingerprint density at radius 3 is 2.45 bits per heavy atom. The molecular formula is C22H23N3O4. The molecule has 0 saturated carbocycles. The van der Waals surface area contributed by atoms with E-state index in [0.29, 0.717) is 17.8 Å². The fourth-order valence-electron chi connectivity index (χ4n) is 2.92. The van der Waals surface area contributed by atoms with Crippen molar-refractivity contribution in [2.75, 3.05) is 13.7 Å². The summed E-state index contributed by atoms with van der Waals surface area (Å²) in [6.45, 7) is 1.91. The predicted molar refractivity (Wildman–Crippen MR) is 108 cm³/mol. The number of hydrogen-bond acceptors (Lipinski definition) is 5. The zero-order valence-electron chi connectivity index (χ0n) is 16.3. The van der Waals surface area contributed by atoms with Gasteiger partial charge in [0.25, 0.3) is 5.91 Å². The van der Waals surface area contributed by atoms with E-state index in [1.807, 2.05) is 61.5 Å². The molecule has 150 valence electrons. The van der Waals surface area contributed by atoms with Gasteiger partial charge in [-0.2, -0.15) is 5.10 Å². The van der Waals surface area contributed by atoms with Gasteiger partial charge in [-0.25, -0.2) is 4.79 Å². The van der Waals surface area contributed by atoms with Crippen LogP contribution in [0.2, 0.25) is 0 Å². The van der Waals surface area contributed by atoms with Gasteiger partial charge in [0.2, 0.25) is 0 Å². The van der Waals surface area contributed by atoms with Crippen molar-refractivity contribution >= 4 is 11.9 Å². The van der Waals surface area contributed by atoms with E-state index in [4.69, 9.17) is 0 Å². The summed E-state index contributed by atoms with van der Waals surface area (Å²) in [6, 6.07) is 16.3. The van der Waals surface area contributed by atoms with Crippen LogP contribution < -0.4 is 5.32 Å². The standard InChI is InChI=1S/C22H23N3O4/c1-15-8-10-17(11-9-15)20-18(21(27)23-19(14-26)22(28)29-2)13-25(24-20)12-16-6-4-3-5-7-16/h3-11,13,19,26H,12,14H2,1-2H3,(H,23,27)/t19-/m1/s1. The number of aliphatic hydroxyl groups is 1. The number of carbonyl (C=O) groups excluding carboxylic acids is 2. The van der Waals surface area contributed by atoms with Gasteiger partial charge < -0.3 is 15.2 Å². The molecule has 1 amide bonds. The molecule has 0 saturated heterocycles. The lowest BCUT2D eigenvalue weighted by Gasteiger charge is -2.13. The highest BCUT2D eigenvalue weighted by atomic mass is 16.5. The Hall–Kier alpha value is -3.45. The van der Waals surface area contributed by atoms with Gasteiger partial charge >= 0.3 is 5.97 Å². The van der Waals surface area contributed by atoms with E-state index in [-0.39, 0.29) is 0 Å². The van der Waals surface area contributed by atoms with Gasteiger partial charge in [0, 0.05) is 11.8 Å². The molecule has 0 bridgehead atoms. The Balaban J connectivity index is 1.95. The second kappa shape index (κ2) is 9.16. The van der Waals surface area contributed by atoms with Gasteiger partial charge in [-0.15, -0.1) is 0 Å². The van der Waals surface area contributed by atoms with Gasteiger partial charge in [0.15, 0.2) is 6.04 Å². The molecule has 2 N–H and O–H groups in total. The predicted octanol–water partition coefficient (Wildman–Crippen LogP) is 2.17. The highest BCUT2D eigenvalue weighted by molar-refractivity contribution is 6.01. The van der Waals surface area contributed by atoms with Crippen LogP contribution in [0.15, 0.2) is 60.8 Å². The van der Waals surface area contributed by atoms with Gasteiger partial charge in [0.05, 0.1) is 25.8 Å². The Kier molecular flexibility index (Phi) is 6.41. The first kappa shape index (κ1) is 20.3. The summed E-state index contributed by atoms with van der Waals surface area (Å²) in [4.78, 5) is 24.6. The van der Waals surface area contributed by atoms with Crippen LogP contribution in [0.5, 0.6) is 0 Å². The first-order valence-corrected chi connectivity index (χ1v) is 9.19. The molecule has 29 heavy (non-hydrogen) atoms. The Morgan fingerprint density at radius 1 is 1.14 bits per heavy atom. The quantitative estimate of drug-likeness (QED) is 0.600. The maximum Gasteiger partial charge on any atom is 0.330 e. The Morgan fingerprint density at radius 2 is 1.83 bits per heavy atom. The number of methoxy groups -OCH3 is 1. The molecule has 0 fully saturated rings. The van der Waals surface area contributed by atoms with E-state index >= 15 is 0 Å².